The minimum Gasteiger partial charge on any atom is -0.395 e. The van der Waals surface area contributed by atoms with E-state index in [0.717, 1.165) is 63.1 Å². The van der Waals surface area contributed by atoms with Crippen LogP contribution in [0.1, 0.15) is 18.4 Å². The number of aromatic nitrogens is 2. The number of rotatable bonds is 8. The molecular weight excluding hydrogens is 402 g/mol. The number of hydrogen-bond donors (Lipinski definition) is 2. The van der Waals surface area contributed by atoms with Crippen molar-refractivity contribution in [1.29, 1.82) is 0 Å². The van der Waals surface area contributed by atoms with Gasteiger partial charge in [-0.25, -0.2) is 4.52 Å². The summed E-state index contributed by atoms with van der Waals surface area (Å²) in [7, 11) is 0. The molecule has 1 aliphatic heterocycles. The summed E-state index contributed by atoms with van der Waals surface area (Å²) in [6.07, 6.45) is 7.02. The lowest BCUT2D eigenvalue weighted by Gasteiger charge is -2.36. The number of fused-ring (bicyclic) bond motifs is 1. The van der Waals surface area contributed by atoms with Gasteiger partial charge in [-0.3, -0.25) is 4.79 Å². The number of piperazine rings is 1. The van der Waals surface area contributed by atoms with Gasteiger partial charge in [0, 0.05) is 56.6 Å². The van der Waals surface area contributed by atoms with Gasteiger partial charge in [-0.1, -0.05) is 24.3 Å². The van der Waals surface area contributed by atoms with Gasteiger partial charge in [-0.05, 0) is 49.1 Å². The van der Waals surface area contributed by atoms with Crippen molar-refractivity contribution in [2.24, 2.45) is 5.92 Å². The Balaban J connectivity index is 1.29. The molecule has 2 aromatic heterocycles. The minimum atomic E-state index is 0.172. The van der Waals surface area contributed by atoms with Crippen LogP contribution in [0.4, 0.5) is 5.69 Å². The minimum absolute atomic E-state index is 0.172. The third kappa shape index (κ3) is 4.49. The Bertz CT molecular complexity index is 1070. The molecule has 1 amide bonds. The Kier molecular flexibility index (Phi) is 6.10. The van der Waals surface area contributed by atoms with Gasteiger partial charge in [-0.2, -0.15) is 5.10 Å². The van der Waals surface area contributed by atoms with Crippen molar-refractivity contribution in [3.05, 3.63) is 54.4 Å². The molecule has 32 heavy (non-hydrogen) atoms. The zero-order valence-corrected chi connectivity index (χ0v) is 18.4. The highest BCUT2D eigenvalue weighted by molar-refractivity contribution is 5.82. The van der Waals surface area contributed by atoms with E-state index in [4.69, 9.17) is 5.11 Å². The molecule has 7 heteroatoms. The standard InChI is InChI=1S/C25H31N5O2/c31-16-11-26-9-7-19-1-3-20(4-2-19)22-17-24-23(8-10-27-30(24)18-22)28-12-14-29(15-13-28)25(32)21-5-6-21/h1-4,8,10,17-18,21,26,31H,5-7,9,11-16H2. The van der Waals surface area contributed by atoms with Crippen LogP contribution >= 0.6 is 0 Å². The Morgan fingerprint density at radius 3 is 2.53 bits per heavy atom. The van der Waals surface area contributed by atoms with Crippen LogP contribution in [-0.4, -0.2) is 71.4 Å². The first-order valence-electron chi connectivity index (χ1n) is 11.6. The summed E-state index contributed by atoms with van der Waals surface area (Å²) in [5.41, 5.74) is 5.88. The van der Waals surface area contributed by atoms with Crippen LogP contribution in [0.3, 0.4) is 0 Å². The largest absolute Gasteiger partial charge is 0.395 e. The molecule has 5 rings (SSSR count). The van der Waals surface area contributed by atoms with Gasteiger partial charge in [0.05, 0.1) is 17.8 Å². The number of amides is 1. The van der Waals surface area contributed by atoms with Crippen molar-refractivity contribution in [3.63, 3.8) is 0 Å². The highest BCUT2D eigenvalue weighted by Crippen LogP contribution is 2.32. The molecule has 2 aliphatic rings. The highest BCUT2D eigenvalue weighted by Gasteiger charge is 2.34. The van der Waals surface area contributed by atoms with Crippen LogP contribution in [0.5, 0.6) is 0 Å². The van der Waals surface area contributed by atoms with Crippen molar-refractivity contribution >= 4 is 17.1 Å². The van der Waals surface area contributed by atoms with Crippen molar-refractivity contribution in [1.82, 2.24) is 19.8 Å². The van der Waals surface area contributed by atoms with Crippen LogP contribution in [0.2, 0.25) is 0 Å². The molecule has 1 saturated carbocycles. The van der Waals surface area contributed by atoms with E-state index in [1.807, 2.05) is 15.6 Å². The van der Waals surface area contributed by atoms with Gasteiger partial charge in [-0.15, -0.1) is 0 Å². The summed E-state index contributed by atoms with van der Waals surface area (Å²) >= 11 is 0. The molecule has 1 aromatic carbocycles. The van der Waals surface area contributed by atoms with Crippen LogP contribution < -0.4 is 10.2 Å². The first-order valence-corrected chi connectivity index (χ1v) is 11.6. The second-order valence-electron chi connectivity index (χ2n) is 8.78. The summed E-state index contributed by atoms with van der Waals surface area (Å²) in [5, 5.41) is 16.6. The Hall–Kier alpha value is -2.90. The van der Waals surface area contributed by atoms with Crippen LogP contribution in [0, 0.1) is 5.92 Å². The lowest BCUT2D eigenvalue weighted by molar-refractivity contribution is -0.132. The van der Waals surface area contributed by atoms with E-state index in [9.17, 15) is 4.79 Å². The first-order chi connectivity index (χ1) is 15.7. The van der Waals surface area contributed by atoms with E-state index < -0.39 is 0 Å². The topological polar surface area (TPSA) is 73.1 Å². The SMILES string of the molecule is O=C(C1CC1)N1CCN(c2ccnn3cc(-c4ccc(CCNCCO)cc4)cc23)CC1. The number of nitrogens with zero attached hydrogens (tertiary/aromatic N) is 4. The molecule has 0 spiro atoms. The molecular formula is C25H31N5O2. The summed E-state index contributed by atoms with van der Waals surface area (Å²) in [6, 6.07) is 13.0. The predicted octanol–water partition coefficient (Wildman–Crippen LogP) is 2.18. The summed E-state index contributed by atoms with van der Waals surface area (Å²) in [5.74, 6) is 0.646. The number of benzene rings is 1. The van der Waals surface area contributed by atoms with E-state index in [1.165, 1.54) is 16.8 Å². The number of aliphatic hydroxyl groups excluding tert-OH is 1. The number of carbonyl (C=O) groups excluding carboxylic acids is 1. The first kappa shape index (κ1) is 21.0. The molecule has 2 N–H and O–H groups in total. The fourth-order valence-electron chi connectivity index (χ4n) is 4.48. The molecule has 2 fully saturated rings. The van der Waals surface area contributed by atoms with E-state index in [0.29, 0.717) is 18.4 Å². The zero-order chi connectivity index (χ0) is 21.9. The second-order valence-corrected chi connectivity index (χ2v) is 8.78. The van der Waals surface area contributed by atoms with E-state index >= 15 is 0 Å². The van der Waals surface area contributed by atoms with Crippen molar-refractivity contribution in [3.8, 4) is 11.1 Å². The second kappa shape index (κ2) is 9.30. The molecule has 1 saturated heterocycles. The molecule has 3 aromatic rings. The number of aliphatic hydroxyl groups is 1. The highest BCUT2D eigenvalue weighted by atomic mass is 16.3. The van der Waals surface area contributed by atoms with E-state index in [-0.39, 0.29) is 6.61 Å². The van der Waals surface area contributed by atoms with Crippen molar-refractivity contribution in [2.75, 3.05) is 50.8 Å². The van der Waals surface area contributed by atoms with Gasteiger partial charge in [0.2, 0.25) is 5.91 Å². The predicted molar refractivity (Wildman–Crippen MR) is 126 cm³/mol. The Morgan fingerprint density at radius 1 is 1.03 bits per heavy atom. The maximum atomic E-state index is 12.4. The van der Waals surface area contributed by atoms with Crippen molar-refractivity contribution < 1.29 is 9.90 Å². The average Bonchev–Trinajstić information content (AvgIpc) is 3.60. The molecule has 0 bridgehead atoms. The van der Waals surface area contributed by atoms with Gasteiger partial charge in [0.25, 0.3) is 0 Å². The molecule has 3 heterocycles. The Labute approximate surface area is 188 Å². The molecule has 1 aliphatic carbocycles. The lowest BCUT2D eigenvalue weighted by Crippen LogP contribution is -2.49. The number of hydrogen-bond acceptors (Lipinski definition) is 5. The molecule has 7 nitrogen and oxygen atoms in total. The lowest BCUT2D eigenvalue weighted by atomic mass is 10.0. The van der Waals surface area contributed by atoms with Gasteiger partial charge in [0.1, 0.15) is 0 Å². The quantitative estimate of drug-likeness (QED) is 0.533. The molecule has 0 unspecified atom stereocenters. The number of anilines is 1. The monoisotopic (exact) mass is 433 g/mol. The molecule has 0 radical (unpaired) electrons. The smallest absolute Gasteiger partial charge is 0.225 e. The average molecular weight is 434 g/mol. The zero-order valence-electron chi connectivity index (χ0n) is 18.4. The van der Waals surface area contributed by atoms with Crippen LogP contribution in [0.25, 0.3) is 16.6 Å². The molecule has 0 atom stereocenters. The fourth-order valence-corrected chi connectivity index (χ4v) is 4.48. The fraction of sp³-hybridized carbons (Fsp3) is 0.440. The maximum absolute atomic E-state index is 12.4. The van der Waals surface area contributed by atoms with Crippen LogP contribution in [0.15, 0.2) is 48.8 Å². The van der Waals surface area contributed by atoms with Gasteiger partial charge >= 0.3 is 0 Å². The summed E-state index contributed by atoms with van der Waals surface area (Å²) in [6.45, 7) is 4.98. The Morgan fingerprint density at radius 2 is 1.81 bits per heavy atom. The van der Waals surface area contributed by atoms with Gasteiger partial charge in [0.15, 0.2) is 0 Å². The maximum Gasteiger partial charge on any atom is 0.225 e. The summed E-state index contributed by atoms with van der Waals surface area (Å²) < 4.78 is 1.96. The van der Waals surface area contributed by atoms with E-state index in [2.05, 4.69) is 57.9 Å². The van der Waals surface area contributed by atoms with Crippen LogP contribution in [-0.2, 0) is 11.2 Å². The third-order valence-electron chi connectivity index (χ3n) is 6.51. The third-order valence-corrected chi connectivity index (χ3v) is 6.51. The summed E-state index contributed by atoms with van der Waals surface area (Å²) in [4.78, 5) is 16.8. The number of nitrogens with one attached hydrogen (secondary N) is 1. The normalized spacial score (nSPS) is 16.7. The van der Waals surface area contributed by atoms with Gasteiger partial charge < -0.3 is 20.2 Å². The number of carbonyl (C=O) groups is 1. The van der Waals surface area contributed by atoms with E-state index in [1.54, 1.807) is 0 Å². The molecule has 168 valence electrons. The van der Waals surface area contributed by atoms with Crippen molar-refractivity contribution in [2.45, 2.75) is 19.3 Å².